The number of carboxylic acids is 1. The predicted molar refractivity (Wildman–Crippen MR) is 81.0 cm³/mol. The molecule has 2 rings (SSSR count). The van der Waals surface area contributed by atoms with E-state index in [0.717, 1.165) is 22.3 Å². The van der Waals surface area contributed by atoms with E-state index in [1.807, 2.05) is 44.2 Å². The van der Waals surface area contributed by atoms with Crippen LogP contribution in [0.4, 0.5) is 5.69 Å². The third kappa shape index (κ3) is 2.74. The second kappa shape index (κ2) is 5.49. The van der Waals surface area contributed by atoms with Crippen LogP contribution < -0.4 is 5.32 Å². The summed E-state index contributed by atoms with van der Waals surface area (Å²) in [6, 6.07) is 9.82. The van der Waals surface area contributed by atoms with Gasteiger partial charge in [0, 0.05) is 23.3 Å². The highest BCUT2D eigenvalue weighted by molar-refractivity contribution is 5.91. The van der Waals surface area contributed by atoms with Gasteiger partial charge in [-0.05, 0) is 32.4 Å². The molecular weight excluding hydrogens is 252 g/mol. The van der Waals surface area contributed by atoms with Crippen molar-refractivity contribution in [1.82, 2.24) is 4.98 Å². The quantitative estimate of drug-likeness (QED) is 0.875. The van der Waals surface area contributed by atoms with Gasteiger partial charge in [0.15, 0.2) is 0 Å². The maximum Gasteiger partial charge on any atom is 0.311 e. The Labute approximate surface area is 118 Å². The number of aryl methyl sites for hydroxylation is 1. The van der Waals surface area contributed by atoms with E-state index in [0.29, 0.717) is 13.0 Å². The number of fused-ring (bicyclic) bond motifs is 1. The minimum atomic E-state index is -0.775. The second-order valence-electron chi connectivity index (χ2n) is 5.40. The van der Waals surface area contributed by atoms with Crippen LogP contribution in [0.2, 0.25) is 0 Å². The molecule has 0 radical (unpaired) electrons. The number of benzene rings is 1. The van der Waals surface area contributed by atoms with Gasteiger partial charge in [0.05, 0.1) is 10.9 Å². The van der Waals surface area contributed by atoms with Crippen LogP contribution in [0.1, 0.15) is 26.0 Å². The number of pyridine rings is 1. The van der Waals surface area contributed by atoms with Crippen LogP contribution in [-0.4, -0.2) is 22.6 Å². The Morgan fingerprint density at radius 2 is 2.10 bits per heavy atom. The molecule has 0 aliphatic heterocycles. The number of aromatic nitrogens is 1. The molecule has 0 spiro atoms. The van der Waals surface area contributed by atoms with Gasteiger partial charge < -0.3 is 10.4 Å². The van der Waals surface area contributed by atoms with E-state index in [2.05, 4.69) is 10.3 Å². The van der Waals surface area contributed by atoms with E-state index in [1.54, 1.807) is 6.92 Å². The van der Waals surface area contributed by atoms with E-state index < -0.39 is 11.4 Å². The van der Waals surface area contributed by atoms with Gasteiger partial charge in [-0.1, -0.05) is 25.1 Å². The van der Waals surface area contributed by atoms with Crippen molar-refractivity contribution in [1.29, 1.82) is 0 Å². The molecule has 1 unspecified atom stereocenters. The fraction of sp³-hybridized carbons (Fsp3) is 0.375. The van der Waals surface area contributed by atoms with Crippen LogP contribution in [0.15, 0.2) is 30.3 Å². The van der Waals surface area contributed by atoms with Crippen molar-refractivity contribution in [2.45, 2.75) is 27.2 Å². The number of carboxylic acid groups (broad SMARTS) is 1. The van der Waals surface area contributed by atoms with E-state index >= 15 is 0 Å². The first-order valence-electron chi connectivity index (χ1n) is 6.80. The minimum Gasteiger partial charge on any atom is -0.481 e. The van der Waals surface area contributed by atoms with Crippen molar-refractivity contribution in [3.05, 3.63) is 36.0 Å². The molecular formula is C16H20N2O2. The topological polar surface area (TPSA) is 62.2 Å². The predicted octanol–water partition coefficient (Wildman–Crippen LogP) is 3.46. The summed E-state index contributed by atoms with van der Waals surface area (Å²) in [5.41, 5.74) is 2.01. The summed E-state index contributed by atoms with van der Waals surface area (Å²) in [6.45, 7) is 5.99. The Balaban J connectivity index is 2.32. The standard InChI is InChI=1S/C16H20N2O2/c1-4-16(3,15(19)20)10-17-14-9-11(2)18-13-8-6-5-7-12(13)14/h5-9H,4,10H2,1-3H3,(H,17,18)(H,19,20). The van der Waals surface area contributed by atoms with Gasteiger partial charge in [-0.15, -0.1) is 0 Å². The number of hydrogen-bond acceptors (Lipinski definition) is 3. The molecule has 0 saturated heterocycles. The van der Waals surface area contributed by atoms with E-state index in [4.69, 9.17) is 0 Å². The Bertz CT molecular complexity index is 639. The van der Waals surface area contributed by atoms with Crippen molar-refractivity contribution in [2.24, 2.45) is 5.41 Å². The van der Waals surface area contributed by atoms with Gasteiger partial charge in [-0.3, -0.25) is 9.78 Å². The van der Waals surface area contributed by atoms with Crippen LogP contribution in [0.3, 0.4) is 0 Å². The zero-order chi connectivity index (χ0) is 14.8. The van der Waals surface area contributed by atoms with Gasteiger partial charge in [-0.25, -0.2) is 0 Å². The molecule has 1 aromatic heterocycles. The highest BCUT2D eigenvalue weighted by Gasteiger charge is 2.30. The van der Waals surface area contributed by atoms with Crippen LogP contribution in [0.25, 0.3) is 10.9 Å². The first kappa shape index (κ1) is 14.3. The molecule has 0 bridgehead atoms. The Morgan fingerprint density at radius 1 is 1.40 bits per heavy atom. The summed E-state index contributed by atoms with van der Waals surface area (Å²) in [5.74, 6) is -0.775. The molecule has 106 valence electrons. The number of nitrogens with one attached hydrogen (secondary N) is 1. The van der Waals surface area contributed by atoms with Gasteiger partial charge in [0.1, 0.15) is 0 Å². The second-order valence-corrected chi connectivity index (χ2v) is 5.40. The van der Waals surface area contributed by atoms with Gasteiger partial charge in [-0.2, -0.15) is 0 Å². The fourth-order valence-corrected chi connectivity index (χ4v) is 2.10. The summed E-state index contributed by atoms with van der Waals surface area (Å²) in [7, 11) is 0. The highest BCUT2D eigenvalue weighted by Crippen LogP contribution is 2.26. The Kier molecular flexibility index (Phi) is 3.93. The molecule has 2 aromatic rings. The smallest absolute Gasteiger partial charge is 0.311 e. The number of anilines is 1. The van der Waals surface area contributed by atoms with Crippen LogP contribution in [-0.2, 0) is 4.79 Å². The van der Waals surface area contributed by atoms with Crippen LogP contribution in [0.5, 0.6) is 0 Å². The molecule has 1 heterocycles. The van der Waals surface area contributed by atoms with E-state index in [9.17, 15) is 9.90 Å². The lowest BCUT2D eigenvalue weighted by molar-refractivity contribution is -0.147. The van der Waals surface area contributed by atoms with E-state index in [-0.39, 0.29) is 0 Å². The molecule has 20 heavy (non-hydrogen) atoms. The van der Waals surface area contributed by atoms with Crippen molar-refractivity contribution < 1.29 is 9.90 Å². The van der Waals surface area contributed by atoms with Crippen molar-refractivity contribution in [3.63, 3.8) is 0 Å². The molecule has 2 N–H and O–H groups in total. The number of nitrogens with zero attached hydrogens (tertiary/aromatic N) is 1. The maximum atomic E-state index is 11.4. The number of carbonyl (C=O) groups is 1. The molecule has 1 aromatic carbocycles. The molecule has 4 heteroatoms. The zero-order valence-electron chi connectivity index (χ0n) is 12.1. The zero-order valence-corrected chi connectivity index (χ0v) is 12.1. The largest absolute Gasteiger partial charge is 0.481 e. The minimum absolute atomic E-state index is 0.395. The molecule has 0 aliphatic carbocycles. The molecule has 0 aliphatic rings. The SMILES string of the molecule is CCC(C)(CNc1cc(C)nc2ccccc12)C(=O)O. The number of hydrogen-bond donors (Lipinski definition) is 2. The van der Waals surface area contributed by atoms with Crippen molar-refractivity contribution >= 4 is 22.6 Å². The summed E-state index contributed by atoms with van der Waals surface area (Å²) in [5, 5.41) is 13.6. The fourth-order valence-electron chi connectivity index (χ4n) is 2.10. The van der Waals surface area contributed by atoms with Crippen LogP contribution >= 0.6 is 0 Å². The van der Waals surface area contributed by atoms with Gasteiger partial charge >= 0.3 is 5.97 Å². The first-order chi connectivity index (χ1) is 9.46. The van der Waals surface area contributed by atoms with Crippen LogP contribution in [0, 0.1) is 12.3 Å². The monoisotopic (exact) mass is 272 g/mol. The van der Waals surface area contributed by atoms with E-state index in [1.165, 1.54) is 0 Å². The first-order valence-corrected chi connectivity index (χ1v) is 6.80. The molecule has 0 amide bonds. The average Bonchev–Trinajstić information content (AvgIpc) is 2.44. The molecule has 1 atom stereocenters. The van der Waals surface area contributed by atoms with Gasteiger partial charge in [0.2, 0.25) is 0 Å². The summed E-state index contributed by atoms with van der Waals surface area (Å²) >= 11 is 0. The van der Waals surface area contributed by atoms with Crippen molar-refractivity contribution in [2.75, 3.05) is 11.9 Å². The van der Waals surface area contributed by atoms with Crippen molar-refractivity contribution in [3.8, 4) is 0 Å². The maximum absolute atomic E-state index is 11.4. The summed E-state index contributed by atoms with van der Waals surface area (Å²) < 4.78 is 0. The summed E-state index contributed by atoms with van der Waals surface area (Å²) in [4.78, 5) is 15.8. The third-order valence-electron chi connectivity index (χ3n) is 3.81. The molecule has 4 nitrogen and oxygen atoms in total. The average molecular weight is 272 g/mol. The number of aliphatic carboxylic acids is 1. The third-order valence-corrected chi connectivity index (χ3v) is 3.81. The lowest BCUT2D eigenvalue weighted by atomic mass is 9.87. The molecule has 0 fully saturated rings. The highest BCUT2D eigenvalue weighted by atomic mass is 16.4. The van der Waals surface area contributed by atoms with Gasteiger partial charge in [0.25, 0.3) is 0 Å². The lowest BCUT2D eigenvalue weighted by Crippen LogP contribution is -2.34. The normalized spacial score (nSPS) is 13.9. The Morgan fingerprint density at radius 3 is 2.75 bits per heavy atom. The lowest BCUT2D eigenvalue weighted by Gasteiger charge is -2.24. The number of para-hydroxylation sites is 1. The summed E-state index contributed by atoms with van der Waals surface area (Å²) in [6.07, 6.45) is 0.581. The molecule has 0 saturated carbocycles. The number of rotatable bonds is 5. The Hall–Kier alpha value is -2.10.